The van der Waals surface area contributed by atoms with Gasteiger partial charge >= 0.3 is 6.03 Å². The van der Waals surface area contributed by atoms with Crippen molar-refractivity contribution in [2.75, 3.05) is 6.54 Å². The van der Waals surface area contributed by atoms with Crippen LogP contribution in [0.25, 0.3) is 0 Å². The van der Waals surface area contributed by atoms with E-state index in [-0.39, 0.29) is 47.6 Å². The van der Waals surface area contributed by atoms with Crippen LogP contribution in [0.4, 0.5) is 13.6 Å². The van der Waals surface area contributed by atoms with Crippen molar-refractivity contribution in [1.82, 2.24) is 10.6 Å². The van der Waals surface area contributed by atoms with Crippen molar-refractivity contribution < 1.29 is 18.4 Å². The van der Waals surface area contributed by atoms with Crippen LogP contribution >= 0.6 is 11.6 Å². The molecule has 1 aliphatic heterocycles. The number of carbonyl (C=O) groups excluding carboxylic acids is 2. The number of Topliss-reactive ketones (excluding diaryl/α,β-unsaturated/α-hetero) is 1. The maximum atomic E-state index is 14.6. The van der Waals surface area contributed by atoms with Crippen LogP contribution in [0.5, 0.6) is 0 Å². The quantitative estimate of drug-likeness (QED) is 0.775. The SMILES string of the molecule is CC1(C)CC(C(CC(=O)[C@@H]2CNC(=O)N2)c2ccc(F)c(Cl)c2F)C1. The van der Waals surface area contributed by atoms with Crippen molar-refractivity contribution in [3.63, 3.8) is 0 Å². The van der Waals surface area contributed by atoms with Crippen molar-refractivity contribution in [2.24, 2.45) is 11.3 Å². The van der Waals surface area contributed by atoms with E-state index in [9.17, 15) is 18.4 Å². The van der Waals surface area contributed by atoms with Gasteiger partial charge in [-0.2, -0.15) is 0 Å². The highest BCUT2D eigenvalue weighted by Gasteiger charge is 2.43. The number of nitrogens with one attached hydrogen (secondary N) is 2. The molecule has 25 heavy (non-hydrogen) atoms. The molecule has 136 valence electrons. The minimum Gasteiger partial charge on any atom is -0.336 e. The zero-order valence-electron chi connectivity index (χ0n) is 14.2. The summed E-state index contributed by atoms with van der Waals surface area (Å²) in [5.74, 6) is -2.02. The Kier molecular flexibility index (Phi) is 4.75. The van der Waals surface area contributed by atoms with Crippen LogP contribution in [0.1, 0.15) is 44.6 Å². The Morgan fingerprint density at radius 2 is 2.04 bits per heavy atom. The number of benzene rings is 1. The van der Waals surface area contributed by atoms with Crippen molar-refractivity contribution >= 4 is 23.4 Å². The lowest BCUT2D eigenvalue weighted by Crippen LogP contribution is -2.40. The first-order valence-electron chi connectivity index (χ1n) is 8.38. The van der Waals surface area contributed by atoms with Gasteiger partial charge in [-0.05, 0) is 41.7 Å². The Balaban J connectivity index is 1.85. The average Bonchev–Trinajstić information content (AvgIpc) is 2.95. The molecule has 1 saturated carbocycles. The summed E-state index contributed by atoms with van der Waals surface area (Å²) >= 11 is 5.73. The molecule has 2 fully saturated rings. The average molecular weight is 371 g/mol. The number of amides is 2. The van der Waals surface area contributed by atoms with E-state index >= 15 is 0 Å². The first-order chi connectivity index (χ1) is 11.7. The second-order valence-electron chi connectivity index (χ2n) is 7.78. The van der Waals surface area contributed by atoms with Crippen LogP contribution in [0.2, 0.25) is 5.02 Å². The number of rotatable bonds is 5. The van der Waals surface area contributed by atoms with Crippen molar-refractivity contribution in [3.05, 3.63) is 34.4 Å². The maximum Gasteiger partial charge on any atom is 0.315 e. The summed E-state index contributed by atoms with van der Waals surface area (Å²) in [5.41, 5.74) is 0.424. The molecular weight excluding hydrogens is 350 g/mol. The molecule has 1 unspecified atom stereocenters. The molecule has 1 heterocycles. The zero-order valence-corrected chi connectivity index (χ0v) is 14.9. The van der Waals surface area contributed by atoms with E-state index in [2.05, 4.69) is 24.5 Å². The molecule has 0 radical (unpaired) electrons. The topological polar surface area (TPSA) is 58.2 Å². The summed E-state index contributed by atoms with van der Waals surface area (Å²) in [6.45, 7) is 4.47. The maximum absolute atomic E-state index is 14.6. The Labute approximate surface area is 150 Å². The van der Waals surface area contributed by atoms with Crippen LogP contribution in [-0.4, -0.2) is 24.4 Å². The summed E-state index contributed by atoms with van der Waals surface area (Å²) in [6.07, 6.45) is 1.80. The van der Waals surface area contributed by atoms with Gasteiger partial charge in [-0.25, -0.2) is 13.6 Å². The number of ketones is 1. The third kappa shape index (κ3) is 3.64. The first kappa shape index (κ1) is 18.1. The fraction of sp³-hybridized carbons (Fsp3) is 0.556. The molecule has 0 aromatic heterocycles. The lowest BCUT2D eigenvalue weighted by molar-refractivity contribution is -0.121. The van der Waals surface area contributed by atoms with E-state index in [1.54, 1.807) is 0 Å². The van der Waals surface area contributed by atoms with Crippen LogP contribution in [0.15, 0.2) is 12.1 Å². The number of carbonyl (C=O) groups is 2. The molecule has 2 amide bonds. The van der Waals surface area contributed by atoms with Gasteiger partial charge in [-0.15, -0.1) is 0 Å². The standard InChI is InChI=1S/C18H21ClF2N2O2/c1-18(2)6-9(7-18)11(5-14(24)13-8-22-17(25)23-13)10-3-4-12(20)15(19)16(10)21/h3-4,9,11,13H,5-8H2,1-2H3,(H2,22,23,25)/t11?,13-/m0/s1. The van der Waals surface area contributed by atoms with E-state index in [1.807, 2.05) is 0 Å². The van der Waals surface area contributed by atoms with Gasteiger partial charge in [0.1, 0.15) is 22.7 Å². The predicted molar refractivity (Wildman–Crippen MR) is 90.6 cm³/mol. The monoisotopic (exact) mass is 370 g/mol. The van der Waals surface area contributed by atoms with Gasteiger partial charge in [-0.3, -0.25) is 4.79 Å². The van der Waals surface area contributed by atoms with Gasteiger partial charge in [-0.1, -0.05) is 31.5 Å². The smallest absolute Gasteiger partial charge is 0.315 e. The number of halogens is 3. The lowest BCUT2D eigenvalue weighted by atomic mass is 9.58. The minimum atomic E-state index is -0.811. The third-order valence-electron chi connectivity index (χ3n) is 5.24. The lowest BCUT2D eigenvalue weighted by Gasteiger charge is -2.47. The van der Waals surface area contributed by atoms with Crippen LogP contribution in [-0.2, 0) is 4.79 Å². The van der Waals surface area contributed by atoms with Crippen molar-refractivity contribution in [3.8, 4) is 0 Å². The van der Waals surface area contributed by atoms with Gasteiger partial charge < -0.3 is 10.6 Å². The van der Waals surface area contributed by atoms with Gasteiger partial charge in [0.2, 0.25) is 0 Å². The second kappa shape index (κ2) is 6.56. The van der Waals surface area contributed by atoms with Gasteiger partial charge in [0.05, 0.1) is 0 Å². The predicted octanol–water partition coefficient (Wildman–Crippen LogP) is 3.78. The second-order valence-corrected chi connectivity index (χ2v) is 8.16. The van der Waals surface area contributed by atoms with E-state index in [0.717, 1.165) is 18.9 Å². The van der Waals surface area contributed by atoms with E-state index in [1.165, 1.54) is 6.07 Å². The highest BCUT2D eigenvalue weighted by Crippen LogP contribution is 2.52. The molecule has 0 bridgehead atoms. The highest BCUT2D eigenvalue weighted by atomic mass is 35.5. The molecule has 2 atom stereocenters. The molecule has 4 nitrogen and oxygen atoms in total. The largest absolute Gasteiger partial charge is 0.336 e. The van der Waals surface area contributed by atoms with Crippen molar-refractivity contribution in [2.45, 2.75) is 45.1 Å². The molecule has 0 spiro atoms. The van der Waals surface area contributed by atoms with Crippen molar-refractivity contribution in [1.29, 1.82) is 0 Å². The summed E-state index contributed by atoms with van der Waals surface area (Å²) in [4.78, 5) is 23.8. The minimum absolute atomic E-state index is 0.0895. The van der Waals surface area contributed by atoms with Gasteiger partial charge in [0.15, 0.2) is 5.78 Å². The molecule has 7 heteroatoms. The van der Waals surface area contributed by atoms with Gasteiger partial charge in [0, 0.05) is 13.0 Å². The number of hydrogen-bond donors (Lipinski definition) is 2. The Hall–Kier alpha value is -1.69. The van der Waals surface area contributed by atoms with Crippen LogP contribution in [0.3, 0.4) is 0 Å². The third-order valence-corrected chi connectivity index (χ3v) is 5.59. The Bertz CT molecular complexity index is 715. The van der Waals surface area contributed by atoms with E-state index in [0.29, 0.717) is 0 Å². The molecule has 1 saturated heterocycles. The molecule has 3 rings (SSSR count). The summed E-state index contributed by atoms with van der Waals surface area (Å²) < 4.78 is 28.0. The fourth-order valence-corrected chi connectivity index (χ4v) is 4.18. The summed E-state index contributed by atoms with van der Waals surface area (Å²) in [7, 11) is 0. The molecule has 2 N–H and O–H groups in total. The molecule has 1 aliphatic carbocycles. The molecular formula is C18H21ClF2N2O2. The highest BCUT2D eigenvalue weighted by molar-refractivity contribution is 6.31. The first-order valence-corrected chi connectivity index (χ1v) is 8.76. The molecule has 1 aromatic carbocycles. The normalized spacial score (nSPS) is 23.6. The summed E-state index contributed by atoms with van der Waals surface area (Å²) in [5, 5.41) is 4.57. The number of hydrogen-bond acceptors (Lipinski definition) is 2. The van der Waals surface area contributed by atoms with Crippen LogP contribution < -0.4 is 10.6 Å². The Morgan fingerprint density at radius 3 is 2.60 bits per heavy atom. The number of urea groups is 1. The van der Waals surface area contributed by atoms with Crippen LogP contribution in [0, 0.1) is 23.0 Å². The Morgan fingerprint density at radius 1 is 1.36 bits per heavy atom. The molecule has 2 aliphatic rings. The fourth-order valence-electron chi connectivity index (χ4n) is 4.01. The summed E-state index contributed by atoms with van der Waals surface area (Å²) in [6, 6.07) is 1.53. The van der Waals surface area contributed by atoms with E-state index in [4.69, 9.17) is 11.6 Å². The van der Waals surface area contributed by atoms with E-state index < -0.39 is 22.7 Å². The van der Waals surface area contributed by atoms with Gasteiger partial charge in [0.25, 0.3) is 0 Å². The zero-order chi connectivity index (χ0) is 18.4. The molecule has 1 aromatic rings.